The summed E-state index contributed by atoms with van der Waals surface area (Å²) in [5.41, 5.74) is 0. The molecule has 0 aromatic carbocycles. The van der Waals surface area contributed by atoms with Crippen LogP contribution in [0, 0.1) is 0 Å². The monoisotopic (exact) mass is 926 g/mol. The Morgan fingerprint density at radius 3 is 1.20 bits per heavy atom. The lowest BCUT2D eigenvalue weighted by molar-refractivity contribution is -0.151. The number of aliphatic hydroxyl groups is 2. The van der Waals surface area contributed by atoms with Gasteiger partial charge in [0.2, 0.25) is 5.91 Å². The molecule has 0 saturated heterocycles. The summed E-state index contributed by atoms with van der Waals surface area (Å²) in [6.45, 7) is 6.47. The van der Waals surface area contributed by atoms with Crippen LogP contribution in [0.1, 0.15) is 297 Å². The lowest BCUT2D eigenvalue weighted by Gasteiger charge is -2.24. The molecular weight excluding hydrogens is 815 g/mol. The molecule has 0 radical (unpaired) electrons. The van der Waals surface area contributed by atoms with Gasteiger partial charge in [0.25, 0.3) is 0 Å². The Hall–Kier alpha value is -2.18. The number of allylic oxidation sites excluding steroid dienone is 8. The van der Waals surface area contributed by atoms with E-state index in [1.54, 1.807) is 0 Å². The molecule has 0 aliphatic heterocycles. The molecule has 6 heteroatoms. The number of carbonyl (C=O) groups excluding carboxylic acids is 2. The van der Waals surface area contributed by atoms with E-state index in [4.69, 9.17) is 4.74 Å². The maximum atomic E-state index is 13.3. The van der Waals surface area contributed by atoms with Gasteiger partial charge < -0.3 is 20.3 Å². The third-order valence-electron chi connectivity index (χ3n) is 13.2. The summed E-state index contributed by atoms with van der Waals surface area (Å²) in [5, 5.41) is 23.9. The zero-order valence-corrected chi connectivity index (χ0v) is 44.1. The first-order valence-electron chi connectivity index (χ1n) is 28.9. The highest BCUT2D eigenvalue weighted by Gasteiger charge is 2.24. The third kappa shape index (κ3) is 48.3. The highest BCUT2D eigenvalue weighted by Crippen LogP contribution is 2.18. The molecule has 0 aliphatic rings. The second-order valence-electron chi connectivity index (χ2n) is 19.7. The first kappa shape index (κ1) is 63.8. The normalized spacial score (nSPS) is 13.5. The molecular formula is C60H111NO5. The van der Waals surface area contributed by atoms with Crippen LogP contribution in [0.25, 0.3) is 0 Å². The van der Waals surface area contributed by atoms with E-state index in [1.165, 1.54) is 180 Å². The zero-order chi connectivity index (χ0) is 48.1. The van der Waals surface area contributed by atoms with Crippen molar-refractivity contribution in [3.8, 4) is 0 Å². The summed E-state index contributed by atoms with van der Waals surface area (Å²) in [4.78, 5) is 26.2. The van der Waals surface area contributed by atoms with Gasteiger partial charge in [0.15, 0.2) is 0 Å². The van der Waals surface area contributed by atoms with Crippen LogP contribution in [-0.2, 0) is 14.3 Å². The summed E-state index contributed by atoms with van der Waals surface area (Å²) in [6.07, 6.45) is 66.0. The van der Waals surface area contributed by atoms with Crippen molar-refractivity contribution in [3.05, 3.63) is 48.6 Å². The number of nitrogens with one attached hydrogen (secondary N) is 1. The molecule has 3 atom stereocenters. The SMILES string of the molecule is CCCCC/C=C\C/C=C\C/C=C\C/C=C\CCCC(CC(=O)NC(CO)C(O)CCCCCCCCCCCCCCCCCC)OC(=O)CCCCCCCCCCCCCCCC. The van der Waals surface area contributed by atoms with Crippen molar-refractivity contribution in [1.29, 1.82) is 0 Å². The molecule has 0 bridgehead atoms. The van der Waals surface area contributed by atoms with Crippen LogP contribution in [-0.4, -0.2) is 46.9 Å². The fourth-order valence-electron chi connectivity index (χ4n) is 8.77. The molecule has 386 valence electrons. The van der Waals surface area contributed by atoms with Crippen LogP contribution < -0.4 is 5.32 Å². The lowest BCUT2D eigenvalue weighted by atomic mass is 10.0. The summed E-state index contributed by atoms with van der Waals surface area (Å²) >= 11 is 0. The smallest absolute Gasteiger partial charge is 0.306 e. The first-order chi connectivity index (χ1) is 32.5. The number of esters is 1. The van der Waals surface area contributed by atoms with E-state index in [0.717, 1.165) is 70.6 Å². The van der Waals surface area contributed by atoms with Gasteiger partial charge in [-0.15, -0.1) is 0 Å². The van der Waals surface area contributed by atoms with Gasteiger partial charge in [0.1, 0.15) is 6.10 Å². The predicted octanol–water partition coefficient (Wildman–Crippen LogP) is 17.8. The molecule has 0 fully saturated rings. The molecule has 0 rings (SSSR count). The minimum absolute atomic E-state index is 0.0430. The van der Waals surface area contributed by atoms with Crippen molar-refractivity contribution >= 4 is 11.9 Å². The van der Waals surface area contributed by atoms with Crippen molar-refractivity contribution in [1.82, 2.24) is 5.32 Å². The number of unbranched alkanes of at least 4 members (excludes halogenated alkanes) is 32. The van der Waals surface area contributed by atoms with Crippen molar-refractivity contribution in [3.63, 3.8) is 0 Å². The summed E-state index contributed by atoms with van der Waals surface area (Å²) in [6, 6.07) is -0.718. The molecule has 66 heavy (non-hydrogen) atoms. The third-order valence-corrected chi connectivity index (χ3v) is 13.2. The Balaban J connectivity index is 4.62. The molecule has 0 aromatic heterocycles. The van der Waals surface area contributed by atoms with E-state index < -0.39 is 18.2 Å². The highest BCUT2D eigenvalue weighted by molar-refractivity contribution is 5.77. The number of aliphatic hydroxyl groups excluding tert-OH is 2. The molecule has 0 aliphatic carbocycles. The first-order valence-corrected chi connectivity index (χ1v) is 28.9. The van der Waals surface area contributed by atoms with Gasteiger partial charge in [-0.1, -0.05) is 268 Å². The number of hydrogen-bond donors (Lipinski definition) is 3. The quantitative estimate of drug-likeness (QED) is 0.0321. The minimum atomic E-state index is -0.801. The maximum Gasteiger partial charge on any atom is 0.306 e. The van der Waals surface area contributed by atoms with Crippen LogP contribution in [0.4, 0.5) is 0 Å². The van der Waals surface area contributed by atoms with Gasteiger partial charge in [0.05, 0.1) is 25.2 Å². The molecule has 3 unspecified atom stereocenters. The number of hydrogen-bond acceptors (Lipinski definition) is 5. The van der Waals surface area contributed by atoms with Crippen LogP contribution >= 0.6 is 0 Å². The fraction of sp³-hybridized carbons (Fsp3) is 0.833. The molecule has 0 heterocycles. The maximum absolute atomic E-state index is 13.3. The van der Waals surface area contributed by atoms with E-state index in [2.05, 4.69) is 74.7 Å². The molecule has 0 spiro atoms. The largest absolute Gasteiger partial charge is 0.462 e. The van der Waals surface area contributed by atoms with Crippen molar-refractivity contribution in [2.45, 2.75) is 315 Å². The molecule has 1 amide bonds. The summed E-state index contributed by atoms with van der Waals surface area (Å²) < 4.78 is 5.93. The Bertz CT molecular complexity index is 1130. The Morgan fingerprint density at radius 1 is 0.439 bits per heavy atom. The molecule has 3 N–H and O–H groups in total. The number of ether oxygens (including phenoxy) is 1. The van der Waals surface area contributed by atoms with Gasteiger partial charge in [-0.2, -0.15) is 0 Å². The molecule has 6 nitrogen and oxygen atoms in total. The minimum Gasteiger partial charge on any atom is -0.462 e. The van der Waals surface area contributed by atoms with Crippen molar-refractivity contribution < 1.29 is 24.5 Å². The Labute approximate surface area is 410 Å². The van der Waals surface area contributed by atoms with Crippen molar-refractivity contribution in [2.75, 3.05) is 6.61 Å². The Kier molecular flexibility index (Phi) is 52.0. The zero-order valence-electron chi connectivity index (χ0n) is 44.1. The van der Waals surface area contributed by atoms with Gasteiger partial charge in [-0.3, -0.25) is 9.59 Å². The fourth-order valence-corrected chi connectivity index (χ4v) is 8.77. The number of rotatable bonds is 52. The van der Waals surface area contributed by atoms with E-state index in [0.29, 0.717) is 19.3 Å². The van der Waals surface area contributed by atoms with Crippen LogP contribution in [0.2, 0.25) is 0 Å². The lowest BCUT2D eigenvalue weighted by Crippen LogP contribution is -2.46. The van der Waals surface area contributed by atoms with Crippen LogP contribution in [0.3, 0.4) is 0 Å². The topological polar surface area (TPSA) is 95.9 Å². The van der Waals surface area contributed by atoms with Gasteiger partial charge in [0, 0.05) is 6.42 Å². The second-order valence-corrected chi connectivity index (χ2v) is 19.7. The summed E-state index contributed by atoms with van der Waals surface area (Å²) in [5.74, 6) is -0.515. The van der Waals surface area contributed by atoms with E-state index in [-0.39, 0.29) is 24.9 Å². The number of carbonyl (C=O) groups is 2. The average molecular weight is 927 g/mol. The van der Waals surface area contributed by atoms with Crippen molar-refractivity contribution in [2.24, 2.45) is 0 Å². The van der Waals surface area contributed by atoms with Crippen LogP contribution in [0.5, 0.6) is 0 Å². The van der Waals surface area contributed by atoms with Crippen LogP contribution in [0.15, 0.2) is 48.6 Å². The van der Waals surface area contributed by atoms with Gasteiger partial charge >= 0.3 is 5.97 Å². The summed E-state index contributed by atoms with van der Waals surface area (Å²) in [7, 11) is 0. The van der Waals surface area contributed by atoms with E-state index in [9.17, 15) is 19.8 Å². The van der Waals surface area contributed by atoms with E-state index >= 15 is 0 Å². The highest BCUT2D eigenvalue weighted by atomic mass is 16.5. The van der Waals surface area contributed by atoms with E-state index in [1.807, 2.05) is 0 Å². The second kappa shape index (κ2) is 53.8. The number of amides is 1. The van der Waals surface area contributed by atoms with Gasteiger partial charge in [-0.05, 0) is 64.2 Å². The predicted molar refractivity (Wildman–Crippen MR) is 287 cm³/mol. The molecule has 0 saturated carbocycles. The molecule has 0 aromatic rings. The Morgan fingerprint density at radius 2 is 0.788 bits per heavy atom. The van der Waals surface area contributed by atoms with Gasteiger partial charge in [-0.25, -0.2) is 0 Å². The average Bonchev–Trinajstić information content (AvgIpc) is 3.31. The standard InChI is InChI=1S/C60H111NO5/c1-4-7-10-13-16-19-22-25-28-30-31-33-36-39-42-45-48-51-56(66-60(65)53-50-47-44-41-38-35-27-24-21-18-15-12-9-6-3)54-59(64)61-57(55-62)58(63)52-49-46-43-40-37-34-32-29-26-23-20-17-14-11-8-5-2/h16,19,25,28,31,33,39,42,56-58,62-63H,4-15,17-18,20-24,26-27,29-30,32,34-38,40-41,43-55H2,1-3H3,(H,61,64)/b19-16-,28-25-,33-31-,42-39-.